The van der Waals surface area contributed by atoms with Crippen molar-refractivity contribution in [3.8, 4) is 16.8 Å². The number of H-pyrrole nitrogens is 1. The topological polar surface area (TPSA) is 58.5 Å². The van der Waals surface area contributed by atoms with E-state index in [9.17, 15) is 4.39 Å². The van der Waals surface area contributed by atoms with Crippen LogP contribution >= 0.6 is 0 Å². The van der Waals surface area contributed by atoms with E-state index in [1.165, 1.54) is 18.2 Å². The Morgan fingerprint density at radius 2 is 1.93 bits per heavy atom. The molecule has 1 aliphatic rings. The maximum Gasteiger partial charge on any atom is 0.162 e. The summed E-state index contributed by atoms with van der Waals surface area (Å²) in [4.78, 5) is 3.01. The fourth-order valence-electron chi connectivity index (χ4n) is 4.40. The van der Waals surface area contributed by atoms with Crippen LogP contribution < -0.4 is 5.32 Å². The molecule has 3 heterocycles. The van der Waals surface area contributed by atoms with E-state index < -0.39 is 17.2 Å². The summed E-state index contributed by atoms with van der Waals surface area (Å²) in [6, 6.07) is 6.14. The number of nitrogens with one attached hydrogen (secondary N) is 2. The summed E-state index contributed by atoms with van der Waals surface area (Å²) in [5.41, 5.74) is 3.25. The Kier molecular flexibility index (Phi) is 3.62. The van der Waals surface area contributed by atoms with Crippen molar-refractivity contribution in [2.75, 3.05) is 5.32 Å². The number of benzene rings is 2. The van der Waals surface area contributed by atoms with Gasteiger partial charge in [-0.1, -0.05) is 6.92 Å². The monoisotopic (exact) mass is 393 g/mol. The highest BCUT2D eigenvalue weighted by atomic mass is 19.1. The van der Waals surface area contributed by atoms with Crippen molar-refractivity contribution in [3.05, 3.63) is 59.3 Å². The molecule has 2 N–H and O–H groups in total. The molecule has 0 fully saturated rings. The Balaban J connectivity index is 1.87. The fourth-order valence-corrected chi connectivity index (χ4v) is 4.40. The first-order valence-electron chi connectivity index (χ1n) is 9.65. The molecule has 4 aromatic rings. The number of anilines is 1. The maximum absolute atomic E-state index is 15.4. The molecule has 29 heavy (non-hydrogen) atoms. The SMILES string of the molecule is CCc1nnc2n1-c1c(cc(F)c(-c3cc(F)cc4[nH]ccc34)c1C)NC2(C)C. The van der Waals surface area contributed by atoms with Crippen molar-refractivity contribution >= 4 is 16.6 Å². The first kappa shape index (κ1) is 17.8. The van der Waals surface area contributed by atoms with Crippen molar-refractivity contribution in [2.45, 2.75) is 39.7 Å². The lowest BCUT2D eigenvalue weighted by Crippen LogP contribution is -2.36. The van der Waals surface area contributed by atoms with Gasteiger partial charge in [0, 0.05) is 29.1 Å². The van der Waals surface area contributed by atoms with Gasteiger partial charge in [-0.15, -0.1) is 10.2 Å². The molecule has 0 amide bonds. The van der Waals surface area contributed by atoms with Crippen LogP contribution in [0.1, 0.15) is 38.0 Å². The van der Waals surface area contributed by atoms with E-state index in [1.54, 1.807) is 6.20 Å². The minimum atomic E-state index is -0.499. The normalized spacial score (nSPS) is 14.6. The van der Waals surface area contributed by atoms with Crippen molar-refractivity contribution in [1.29, 1.82) is 0 Å². The average Bonchev–Trinajstić information content (AvgIpc) is 3.27. The molecule has 5 rings (SSSR count). The van der Waals surface area contributed by atoms with Crippen molar-refractivity contribution in [2.24, 2.45) is 0 Å². The third-order valence-electron chi connectivity index (χ3n) is 5.67. The Morgan fingerprint density at radius 1 is 1.14 bits per heavy atom. The van der Waals surface area contributed by atoms with Gasteiger partial charge in [0.2, 0.25) is 0 Å². The van der Waals surface area contributed by atoms with Crippen LogP contribution in [0.5, 0.6) is 0 Å². The minimum Gasteiger partial charge on any atom is -0.371 e. The van der Waals surface area contributed by atoms with E-state index >= 15 is 4.39 Å². The number of halogens is 2. The number of aromatic amines is 1. The second-order valence-corrected chi connectivity index (χ2v) is 8.03. The third kappa shape index (κ3) is 2.43. The molecule has 0 unspecified atom stereocenters. The van der Waals surface area contributed by atoms with Gasteiger partial charge in [-0.3, -0.25) is 4.57 Å². The number of fused-ring (bicyclic) bond motifs is 4. The summed E-state index contributed by atoms with van der Waals surface area (Å²) in [6.07, 6.45) is 2.42. The summed E-state index contributed by atoms with van der Waals surface area (Å²) in [5, 5.41) is 12.9. The molecule has 148 valence electrons. The molecular weight excluding hydrogens is 372 g/mol. The van der Waals surface area contributed by atoms with Gasteiger partial charge >= 0.3 is 0 Å². The van der Waals surface area contributed by atoms with Crippen LogP contribution in [0.4, 0.5) is 14.5 Å². The number of hydrogen-bond acceptors (Lipinski definition) is 3. The van der Waals surface area contributed by atoms with Gasteiger partial charge in [-0.25, -0.2) is 8.78 Å². The van der Waals surface area contributed by atoms with Crippen molar-refractivity contribution in [3.63, 3.8) is 0 Å². The predicted octanol–water partition coefficient (Wildman–Crippen LogP) is 5.23. The second kappa shape index (κ2) is 5.89. The molecule has 0 spiro atoms. The van der Waals surface area contributed by atoms with Gasteiger partial charge in [0.05, 0.1) is 16.9 Å². The van der Waals surface area contributed by atoms with Crippen LogP contribution in [0, 0.1) is 18.6 Å². The van der Waals surface area contributed by atoms with Crippen LogP contribution in [0.2, 0.25) is 0 Å². The molecule has 0 saturated heterocycles. The zero-order valence-corrected chi connectivity index (χ0v) is 16.7. The van der Waals surface area contributed by atoms with Gasteiger partial charge < -0.3 is 10.3 Å². The highest BCUT2D eigenvalue weighted by molar-refractivity contribution is 5.97. The standard InChI is InChI=1S/C22H21F2N5/c1-5-18-27-28-21-22(3,4)26-17-10-15(24)19(11(2)20(17)29(18)21)14-8-12(23)9-16-13(14)6-7-25-16/h6-10,25-26H,5H2,1-4H3. The highest BCUT2D eigenvalue weighted by Gasteiger charge is 2.36. The number of rotatable bonds is 2. The first-order chi connectivity index (χ1) is 13.8. The number of nitrogens with zero attached hydrogens (tertiary/aromatic N) is 3. The van der Waals surface area contributed by atoms with E-state index in [0.29, 0.717) is 34.3 Å². The molecule has 2 aromatic carbocycles. The van der Waals surface area contributed by atoms with Crippen LogP contribution in [0.3, 0.4) is 0 Å². The lowest BCUT2D eigenvalue weighted by molar-refractivity contribution is 0.531. The Morgan fingerprint density at radius 3 is 2.69 bits per heavy atom. The van der Waals surface area contributed by atoms with Gasteiger partial charge in [-0.2, -0.15) is 0 Å². The molecule has 2 aromatic heterocycles. The molecule has 0 saturated carbocycles. The van der Waals surface area contributed by atoms with Crippen molar-refractivity contribution < 1.29 is 8.78 Å². The second-order valence-electron chi connectivity index (χ2n) is 8.03. The molecule has 0 bridgehead atoms. The van der Waals surface area contributed by atoms with Gasteiger partial charge in [-0.05, 0) is 56.2 Å². The van der Waals surface area contributed by atoms with Gasteiger partial charge in [0.15, 0.2) is 5.82 Å². The summed E-state index contributed by atoms with van der Waals surface area (Å²) in [6.45, 7) is 7.87. The summed E-state index contributed by atoms with van der Waals surface area (Å²) in [7, 11) is 0. The number of aryl methyl sites for hydroxylation is 1. The molecular formula is C22H21F2N5. The van der Waals surface area contributed by atoms with E-state index in [0.717, 1.165) is 22.7 Å². The number of hydrogen-bond donors (Lipinski definition) is 2. The van der Waals surface area contributed by atoms with Crippen LogP contribution in [-0.2, 0) is 12.0 Å². The Labute approximate surface area is 166 Å². The maximum atomic E-state index is 15.4. The van der Waals surface area contributed by atoms with Gasteiger partial charge in [0.1, 0.15) is 17.5 Å². The lowest BCUT2D eigenvalue weighted by Gasteiger charge is -2.35. The molecule has 1 aliphatic heterocycles. The molecule has 0 aliphatic carbocycles. The largest absolute Gasteiger partial charge is 0.371 e. The quantitative estimate of drug-likeness (QED) is 0.491. The van der Waals surface area contributed by atoms with E-state index in [-0.39, 0.29) is 0 Å². The highest BCUT2D eigenvalue weighted by Crippen LogP contribution is 2.44. The van der Waals surface area contributed by atoms with Crippen LogP contribution in [-0.4, -0.2) is 19.7 Å². The number of aromatic nitrogens is 4. The zero-order valence-electron chi connectivity index (χ0n) is 16.7. The third-order valence-corrected chi connectivity index (χ3v) is 5.67. The summed E-state index contributed by atoms with van der Waals surface area (Å²) < 4.78 is 31.7. The summed E-state index contributed by atoms with van der Waals surface area (Å²) in [5.74, 6) is 0.772. The predicted molar refractivity (Wildman–Crippen MR) is 109 cm³/mol. The summed E-state index contributed by atoms with van der Waals surface area (Å²) >= 11 is 0. The zero-order chi connectivity index (χ0) is 20.5. The molecule has 7 heteroatoms. The minimum absolute atomic E-state index is 0.385. The average molecular weight is 393 g/mol. The van der Waals surface area contributed by atoms with E-state index in [4.69, 9.17) is 0 Å². The smallest absolute Gasteiger partial charge is 0.162 e. The first-order valence-corrected chi connectivity index (χ1v) is 9.65. The van der Waals surface area contributed by atoms with Crippen LogP contribution in [0.15, 0.2) is 30.5 Å². The van der Waals surface area contributed by atoms with Crippen molar-refractivity contribution in [1.82, 2.24) is 19.7 Å². The van der Waals surface area contributed by atoms with E-state index in [1.807, 2.05) is 38.3 Å². The Bertz CT molecular complexity index is 1280. The molecule has 5 nitrogen and oxygen atoms in total. The molecule has 0 radical (unpaired) electrons. The Hall–Kier alpha value is -3.22. The molecule has 0 atom stereocenters. The fraction of sp³-hybridized carbons (Fsp3) is 0.273. The van der Waals surface area contributed by atoms with E-state index in [2.05, 4.69) is 20.5 Å². The van der Waals surface area contributed by atoms with Crippen LogP contribution in [0.25, 0.3) is 27.7 Å². The van der Waals surface area contributed by atoms with Gasteiger partial charge in [0.25, 0.3) is 0 Å². The lowest BCUT2D eigenvalue weighted by atomic mass is 9.92.